The van der Waals surface area contributed by atoms with Gasteiger partial charge < -0.3 is 5.32 Å². The van der Waals surface area contributed by atoms with Gasteiger partial charge in [0.1, 0.15) is 6.33 Å². The molecule has 0 bridgehead atoms. The summed E-state index contributed by atoms with van der Waals surface area (Å²) in [5.74, 6) is 0. The van der Waals surface area contributed by atoms with Crippen molar-refractivity contribution in [1.82, 2.24) is 15.3 Å². The maximum atomic E-state index is 4.06. The summed E-state index contributed by atoms with van der Waals surface area (Å²) in [5.41, 5.74) is 3.58. The molecule has 0 spiro atoms. The number of hydrogen-bond donors (Lipinski definition) is 1. The van der Waals surface area contributed by atoms with Crippen LogP contribution in [0.5, 0.6) is 0 Å². The average molecular weight is 275 g/mol. The molecule has 3 nitrogen and oxygen atoms in total. The number of aromatic nitrogens is 2. The molecule has 1 aromatic heterocycles. The lowest BCUT2D eigenvalue weighted by Crippen LogP contribution is -2.22. The van der Waals surface area contributed by atoms with Crippen LogP contribution in [0.3, 0.4) is 0 Å². The monoisotopic (exact) mass is 275 g/mol. The fourth-order valence-electron chi connectivity index (χ4n) is 2.36. The summed E-state index contributed by atoms with van der Waals surface area (Å²) in [4.78, 5) is 8.11. The van der Waals surface area contributed by atoms with E-state index in [4.69, 9.17) is 0 Å². The molecule has 2 aromatic carbocycles. The van der Waals surface area contributed by atoms with Crippen molar-refractivity contribution in [2.24, 2.45) is 0 Å². The molecule has 0 radical (unpaired) electrons. The molecule has 1 N–H and O–H groups in total. The average Bonchev–Trinajstić information content (AvgIpc) is 2.58. The van der Waals surface area contributed by atoms with Gasteiger partial charge in [-0.3, -0.25) is 0 Å². The van der Waals surface area contributed by atoms with Gasteiger partial charge in [-0.25, -0.2) is 9.97 Å². The zero-order valence-electron chi connectivity index (χ0n) is 11.7. The lowest BCUT2D eigenvalue weighted by Gasteiger charge is -2.19. The summed E-state index contributed by atoms with van der Waals surface area (Å²) in [6.45, 7) is 0.731. The van der Waals surface area contributed by atoms with E-state index in [2.05, 4.69) is 63.8 Å². The summed E-state index contributed by atoms with van der Waals surface area (Å²) in [5, 5.41) is 3.59. The highest BCUT2D eigenvalue weighted by Gasteiger charge is 2.12. The molecule has 0 saturated heterocycles. The second-order valence-electron chi connectivity index (χ2n) is 4.88. The van der Waals surface area contributed by atoms with Crippen LogP contribution in [0.2, 0.25) is 0 Å². The first-order valence-corrected chi connectivity index (χ1v) is 7.00. The third kappa shape index (κ3) is 3.52. The first kappa shape index (κ1) is 13.5. The van der Waals surface area contributed by atoms with Crippen LogP contribution in [0, 0.1) is 0 Å². The van der Waals surface area contributed by atoms with Crippen LogP contribution in [0.4, 0.5) is 0 Å². The highest BCUT2D eigenvalue weighted by molar-refractivity contribution is 5.31. The van der Waals surface area contributed by atoms with E-state index in [1.165, 1.54) is 11.1 Å². The number of rotatable bonds is 5. The van der Waals surface area contributed by atoms with E-state index in [0.29, 0.717) is 0 Å². The van der Waals surface area contributed by atoms with Gasteiger partial charge in [0.25, 0.3) is 0 Å². The lowest BCUT2D eigenvalue weighted by molar-refractivity contribution is 0.603. The molecule has 3 rings (SSSR count). The zero-order chi connectivity index (χ0) is 14.3. The van der Waals surface area contributed by atoms with Gasteiger partial charge >= 0.3 is 0 Å². The molecule has 1 heterocycles. The smallest absolute Gasteiger partial charge is 0.115 e. The van der Waals surface area contributed by atoms with E-state index >= 15 is 0 Å². The van der Waals surface area contributed by atoms with Gasteiger partial charge in [-0.05, 0) is 11.1 Å². The van der Waals surface area contributed by atoms with Crippen LogP contribution in [0.25, 0.3) is 0 Å². The van der Waals surface area contributed by atoms with E-state index in [1.54, 1.807) is 6.33 Å². The molecular formula is C18H17N3. The minimum Gasteiger partial charge on any atom is -0.302 e. The van der Waals surface area contributed by atoms with Crippen LogP contribution >= 0.6 is 0 Å². The Kier molecular flexibility index (Phi) is 4.34. The Labute approximate surface area is 124 Å². The second kappa shape index (κ2) is 6.77. The standard InChI is InChI=1S/C18H17N3/c1-3-7-16(8-4-1)18(17-9-5-2-6-10-17)21-13-15-11-19-14-20-12-15/h1-12,14,18,21H,13H2. The van der Waals surface area contributed by atoms with Gasteiger partial charge in [0.15, 0.2) is 0 Å². The van der Waals surface area contributed by atoms with Crippen molar-refractivity contribution in [1.29, 1.82) is 0 Å². The van der Waals surface area contributed by atoms with Crippen molar-refractivity contribution in [2.75, 3.05) is 0 Å². The van der Waals surface area contributed by atoms with Crippen molar-refractivity contribution >= 4 is 0 Å². The highest BCUT2D eigenvalue weighted by atomic mass is 14.9. The summed E-state index contributed by atoms with van der Waals surface area (Å²) >= 11 is 0. The van der Waals surface area contributed by atoms with Crippen LogP contribution in [-0.4, -0.2) is 9.97 Å². The first-order valence-electron chi connectivity index (χ1n) is 7.00. The third-order valence-corrected chi connectivity index (χ3v) is 3.39. The quantitative estimate of drug-likeness (QED) is 0.776. The molecule has 0 saturated carbocycles. The van der Waals surface area contributed by atoms with Gasteiger partial charge in [-0.15, -0.1) is 0 Å². The van der Waals surface area contributed by atoms with Crippen molar-refractivity contribution in [3.63, 3.8) is 0 Å². The van der Waals surface area contributed by atoms with Crippen molar-refractivity contribution in [3.8, 4) is 0 Å². The Bertz CT molecular complexity index is 614. The van der Waals surface area contributed by atoms with E-state index in [0.717, 1.165) is 12.1 Å². The summed E-state index contributed by atoms with van der Waals surface area (Å²) < 4.78 is 0. The Morgan fingerprint density at radius 3 is 1.81 bits per heavy atom. The fraction of sp³-hybridized carbons (Fsp3) is 0.111. The van der Waals surface area contributed by atoms with Crippen LogP contribution in [-0.2, 0) is 6.54 Å². The van der Waals surface area contributed by atoms with Crippen molar-refractivity contribution in [2.45, 2.75) is 12.6 Å². The van der Waals surface area contributed by atoms with Crippen LogP contribution in [0.15, 0.2) is 79.4 Å². The highest BCUT2D eigenvalue weighted by Crippen LogP contribution is 2.22. The van der Waals surface area contributed by atoms with E-state index in [1.807, 2.05) is 24.5 Å². The molecule has 0 aliphatic heterocycles. The maximum absolute atomic E-state index is 4.06. The molecule has 0 aliphatic rings. The Morgan fingerprint density at radius 1 is 0.762 bits per heavy atom. The number of benzene rings is 2. The second-order valence-corrected chi connectivity index (χ2v) is 4.88. The molecule has 3 aromatic rings. The fourth-order valence-corrected chi connectivity index (χ4v) is 2.36. The predicted molar refractivity (Wildman–Crippen MR) is 83.6 cm³/mol. The maximum Gasteiger partial charge on any atom is 0.115 e. The minimum atomic E-state index is 0.160. The van der Waals surface area contributed by atoms with Gasteiger partial charge in [0.05, 0.1) is 6.04 Å². The molecule has 0 unspecified atom stereocenters. The summed E-state index contributed by atoms with van der Waals surface area (Å²) in [7, 11) is 0. The van der Waals surface area contributed by atoms with Crippen LogP contribution in [0.1, 0.15) is 22.7 Å². The van der Waals surface area contributed by atoms with E-state index in [-0.39, 0.29) is 6.04 Å². The van der Waals surface area contributed by atoms with E-state index in [9.17, 15) is 0 Å². The van der Waals surface area contributed by atoms with Crippen molar-refractivity contribution < 1.29 is 0 Å². The predicted octanol–water partition coefficient (Wildman–Crippen LogP) is 3.36. The van der Waals surface area contributed by atoms with E-state index < -0.39 is 0 Å². The molecule has 104 valence electrons. The van der Waals surface area contributed by atoms with Gasteiger partial charge in [0, 0.05) is 24.5 Å². The molecule has 0 amide bonds. The minimum absolute atomic E-state index is 0.160. The lowest BCUT2D eigenvalue weighted by atomic mass is 9.98. The largest absolute Gasteiger partial charge is 0.302 e. The molecular weight excluding hydrogens is 258 g/mol. The summed E-state index contributed by atoms with van der Waals surface area (Å²) in [6.07, 6.45) is 5.23. The normalized spacial score (nSPS) is 10.7. The van der Waals surface area contributed by atoms with Crippen molar-refractivity contribution in [3.05, 3.63) is 96.1 Å². The Morgan fingerprint density at radius 2 is 1.29 bits per heavy atom. The molecule has 0 aliphatic carbocycles. The Hall–Kier alpha value is -2.52. The molecule has 3 heteroatoms. The first-order chi connectivity index (χ1) is 10.4. The molecule has 0 atom stereocenters. The Balaban J connectivity index is 1.83. The topological polar surface area (TPSA) is 37.8 Å². The third-order valence-electron chi connectivity index (χ3n) is 3.39. The zero-order valence-corrected chi connectivity index (χ0v) is 11.7. The van der Waals surface area contributed by atoms with Gasteiger partial charge in [0.2, 0.25) is 0 Å². The number of nitrogens with one attached hydrogen (secondary N) is 1. The number of nitrogens with zero attached hydrogens (tertiary/aromatic N) is 2. The SMILES string of the molecule is c1ccc(C(NCc2cncnc2)c2ccccc2)cc1. The van der Waals surface area contributed by atoms with Crippen LogP contribution < -0.4 is 5.32 Å². The molecule has 21 heavy (non-hydrogen) atoms. The molecule has 0 fully saturated rings. The number of hydrogen-bond acceptors (Lipinski definition) is 3. The van der Waals surface area contributed by atoms with Gasteiger partial charge in [-0.2, -0.15) is 0 Å². The van der Waals surface area contributed by atoms with Gasteiger partial charge in [-0.1, -0.05) is 60.7 Å². The summed E-state index contributed by atoms with van der Waals surface area (Å²) in [6, 6.07) is 21.1.